The van der Waals surface area contributed by atoms with Crippen LogP contribution in [0.5, 0.6) is 0 Å². The molecule has 0 bridgehead atoms. The second-order valence-corrected chi connectivity index (χ2v) is 6.24. The number of benzene rings is 2. The number of amides is 2. The molecule has 0 saturated heterocycles. The number of anilines is 2. The molecule has 4 N–H and O–H groups in total. The number of nitrogens with one attached hydrogen (secondary N) is 3. The molecule has 29 heavy (non-hydrogen) atoms. The number of para-hydroxylation sites is 2. The third-order valence-electron chi connectivity index (χ3n) is 4.02. The highest BCUT2D eigenvalue weighted by molar-refractivity contribution is 5.92. The Morgan fingerprint density at radius 3 is 2.62 bits per heavy atom. The zero-order chi connectivity index (χ0) is 20.6. The molecule has 2 aromatic carbocycles. The Bertz CT molecular complexity index is 955. The second-order valence-electron chi connectivity index (χ2n) is 6.24. The van der Waals surface area contributed by atoms with Crippen molar-refractivity contribution in [2.75, 3.05) is 31.0 Å². The SMILES string of the molecule is COCCOC(=O)Nc1cccc(NC(=O)CC(O)c2nc3ccccc3[nH]2)c1. The summed E-state index contributed by atoms with van der Waals surface area (Å²) in [6.07, 6.45) is -1.86. The molecule has 2 amide bonds. The van der Waals surface area contributed by atoms with Crippen molar-refractivity contribution >= 4 is 34.4 Å². The Kier molecular flexibility index (Phi) is 6.77. The molecule has 0 spiro atoms. The summed E-state index contributed by atoms with van der Waals surface area (Å²) in [5, 5.41) is 15.6. The number of aromatic amines is 1. The lowest BCUT2D eigenvalue weighted by molar-refractivity contribution is -0.118. The number of fused-ring (bicyclic) bond motifs is 1. The topological polar surface area (TPSA) is 126 Å². The summed E-state index contributed by atoms with van der Waals surface area (Å²) in [5.41, 5.74) is 2.45. The highest BCUT2D eigenvalue weighted by atomic mass is 16.6. The number of H-pyrrole nitrogens is 1. The van der Waals surface area contributed by atoms with Gasteiger partial charge < -0.3 is 24.9 Å². The Morgan fingerprint density at radius 1 is 1.10 bits per heavy atom. The fraction of sp³-hybridized carbons (Fsp3) is 0.250. The van der Waals surface area contributed by atoms with E-state index in [4.69, 9.17) is 9.47 Å². The molecule has 0 fully saturated rings. The van der Waals surface area contributed by atoms with Gasteiger partial charge in [0, 0.05) is 18.5 Å². The Labute approximate surface area is 167 Å². The summed E-state index contributed by atoms with van der Waals surface area (Å²) in [6, 6.07) is 14.0. The standard InChI is InChI=1S/C20H22N4O5/c1-28-9-10-29-20(27)22-14-6-4-5-13(11-14)21-18(26)12-17(25)19-23-15-7-2-3-8-16(15)24-19/h2-8,11,17,25H,9-10,12H2,1H3,(H,21,26)(H,22,27)(H,23,24). The predicted molar refractivity (Wildman–Crippen MR) is 108 cm³/mol. The van der Waals surface area contributed by atoms with Gasteiger partial charge in [-0.25, -0.2) is 9.78 Å². The average Bonchev–Trinajstić information content (AvgIpc) is 3.13. The van der Waals surface area contributed by atoms with Crippen LogP contribution >= 0.6 is 0 Å². The van der Waals surface area contributed by atoms with Crippen molar-refractivity contribution < 1.29 is 24.2 Å². The van der Waals surface area contributed by atoms with Crippen LogP contribution in [0.4, 0.5) is 16.2 Å². The summed E-state index contributed by atoms with van der Waals surface area (Å²) in [7, 11) is 1.51. The van der Waals surface area contributed by atoms with E-state index in [0.29, 0.717) is 23.8 Å². The van der Waals surface area contributed by atoms with Crippen LogP contribution in [0, 0.1) is 0 Å². The maximum atomic E-state index is 12.3. The number of aromatic nitrogens is 2. The molecular weight excluding hydrogens is 376 g/mol. The van der Waals surface area contributed by atoms with Crippen molar-refractivity contribution in [3.63, 3.8) is 0 Å². The molecule has 1 aromatic heterocycles. The number of rotatable bonds is 8. The molecule has 152 valence electrons. The van der Waals surface area contributed by atoms with E-state index in [1.807, 2.05) is 24.3 Å². The van der Waals surface area contributed by atoms with Crippen LogP contribution < -0.4 is 10.6 Å². The number of aliphatic hydroxyl groups excluding tert-OH is 1. The average molecular weight is 398 g/mol. The van der Waals surface area contributed by atoms with E-state index in [0.717, 1.165) is 11.0 Å². The molecule has 0 aliphatic rings. The van der Waals surface area contributed by atoms with E-state index in [1.54, 1.807) is 24.3 Å². The van der Waals surface area contributed by atoms with Gasteiger partial charge in [-0.3, -0.25) is 10.1 Å². The normalized spacial score (nSPS) is 11.8. The smallest absolute Gasteiger partial charge is 0.411 e. The van der Waals surface area contributed by atoms with Crippen LogP contribution in [0.1, 0.15) is 18.3 Å². The lowest BCUT2D eigenvalue weighted by Crippen LogP contribution is -2.17. The first-order chi connectivity index (χ1) is 14.0. The minimum Gasteiger partial charge on any atom is -0.447 e. The maximum absolute atomic E-state index is 12.3. The largest absolute Gasteiger partial charge is 0.447 e. The van der Waals surface area contributed by atoms with Crippen LogP contribution in [0.2, 0.25) is 0 Å². The van der Waals surface area contributed by atoms with Gasteiger partial charge in [0.25, 0.3) is 0 Å². The molecule has 0 aliphatic carbocycles. The van der Waals surface area contributed by atoms with Crippen LogP contribution in [-0.4, -0.2) is 47.4 Å². The first-order valence-corrected chi connectivity index (χ1v) is 9.00. The monoisotopic (exact) mass is 398 g/mol. The van der Waals surface area contributed by atoms with E-state index in [9.17, 15) is 14.7 Å². The molecule has 1 atom stereocenters. The minimum absolute atomic E-state index is 0.137. The molecular formula is C20H22N4O5. The number of nitrogens with zero attached hydrogens (tertiary/aromatic N) is 1. The molecule has 0 aliphatic heterocycles. The zero-order valence-corrected chi connectivity index (χ0v) is 15.8. The molecule has 1 unspecified atom stereocenters. The lowest BCUT2D eigenvalue weighted by atomic mass is 10.2. The molecule has 3 aromatic rings. The predicted octanol–water partition coefficient (Wildman–Crippen LogP) is 2.82. The summed E-state index contributed by atoms with van der Waals surface area (Å²) in [6.45, 7) is 0.440. The maximum Gasteiger partial charge on any atom is 0.411 e. The van der Waals surface area contributed by atoms with Gasteiger partial charge in [-0.05, 0) is 30.3 Å². The van der Waals surface area contributed by atoms with Crippen molar-refractivity contribution in [2.24, 2.45) is 0 Å². The van der Waals surface area contributed by atoms with E-state index in [2.05, 4.69) is 20.6 Å². The fourth-order valence-electron chi connectivity index (χ4n) is 2.66. The minimum atomic E-state index is -1.07. The van der Waals surface area contributed by atoms with E-state index >= 15 is 0 Å². The van der Waals surface area contributed by atoms with Crippen molar-refractivity contribution in [3.8, 4) is 0 Å². The van der Waals surface area contributed by atoms with Gasteiger partial charge in [0.2, 0.25) is 5.91 Å². The summed E-state index contributed by atoms with van der Waals surface area (Å²) in [5.74, 6) is -0.0617. The van der Waals surface area contributed by atoms with Gasteiger partial charge in [-0.1, -0.05) is 18.2 Å². The van der Waals surface area contributed by atoms with E-state index < -0.39 is 18.1 Å². The van der Waals surface area contributed by atoms with E-state index in [1.165, 1.54) is 7.11 Å². The Morgan fingerprint density at radius 2 is 1.86 bits per heavy atom. The summed E-state index contributed by atoms with van der Waals surface area (Å²) >= 11 is 0. The van der Waals surface area contributed by atoms with Crippen LogP contribution in [0.25, 0.3) is 11.0 Å². The van der Waals surface area contributed by atoms with E-state index in [-0.39, 0.29) is 13.0 Å². The van der Waals surface area contributed by atoms with Crippen molar-refractivity contribution in [1.29, 1.82) is 0 Å². The molecule has 9 nitrogen and oxygen atoms in total. The van der Waals surface area contributed by atoms with Crippen molar-refractivity contribution in [3.05, 3.63) is 54.4 Å². The number of hydrogen-bond acceptors (Lipinski definition) is 6. The number of methoxy groups -OCH3 is 1. The molecule has 1 heterocycles. The Hall–Kier alpha value is -3.43. The number of ether oxygens (including phenoxy) is 2. The lowest BCUT2D eigenvalue weighted by Gasteiger charge is -2.11. The third kappa shape index (κ3) is 5.77. The zero-order valence-electron chi connectivity index (χ0n) is 15.8. The highest BCUT2D eigenvalue weighted by Gasteiger charge is 2.17. The van der Waals surface area contributed by atoms with Crippen molar-refractivity contribution in [1.82, 2.24) is 9.97 Å². The van der Waals surface area contributed by atoms with Gasteiger partial charge in [0.05, 0.1) is 24.1 Å². The molecule has 3 rings (SSSR count). The first-order valence-electron chi connectivity index (χ1n) is 9.00. The Balaban J connectivity index is 1.55. The highest BCUT2D eigenvalue weighted by Crippen LogP contribution is 2.20. The van der Waals surface area contributed by atoms with Crippen molar-refractivity contribution in [2.45, 2.75) is 12.5 Å². The third-order valence-corrected chi connectivity index (χ3v) is 4.02. The molecule has 0 saturated carbocycles. The van der Waals surface area contributed by atoms with Gasteiger partial charge in [0.15, 0.2) is 0 Å². The summed E-state index contributed by atoms with van der Waals surface area (Å²) in [4.78, 5) is 31.3. The first kappa shape index (κ1) is 20.3. The quantitative estimate of drug-likeness (QED) is 0.432. The number of carbonyl (C=O) groups excluding carboxylic acids is 2. The van der Waals surface area contributed by atoms with Crippen LogP contribution in [0.3, 0.4) is 0 Å². The molecule has 0 radical (unpaired) electrons. The summed E-state index contributed by atoms with van der Waals surface area (Å²) < 4.78 is 9.73. The molecule has 9 heteroatoms. The fourth-order valence-corrected chi connectivity index (χ4v) is 2.66. The van der Waals surface area contributed by atoms with Gasteiger partial charge in [-0.2, -0.15) is 0 Å². The number of aliphatic hydroxyl groups is 1. The van der Waals surface area contributed by atoms with Gasteiger partial charge in [0.1, 0.15) is 18.5 Å². The number of carbonyl (C=O) groups is 2. The van der Waals surface area contributed by atoms with Gasteiger partial charge in [-0.15, -0.1) is 0 Å². The second kappa shape index (κ2) is 9.67. The van der Waals surface area contributed by atoms with Gasteiger partial charge >= 0.3 is 6.09 Å². The van der Waals surface area contributed by atoms with Crippen LogP contribution in [-0.2, 0) is 14.3 Å². The number of hydrogen-bond donors (Lipinski definition) is 4. The van der Waals surface area contributed by atoms with Crippen LogP contribution in [0.15, 0.2) is 48.5 Å². The number of imidazole rings is 1.